The van der Waals surface area contributed by atoms with E-state index >= 15 is 0 Å². The van der Waals surface area contributed by atoms with E-state index in [1.807, 2.05) is 13.1 Å². The van der Waals surface area contributed by atoms with Crippen LogP contribution in [0.15, 0.2) is 24.3 Å². The highest BCUT2D eigenvalue weighted by Gasteiger charge is 2.26. The van der Waals surface area contributed by atoms with E-state index in [2.05, 4.69) is 10.6 Å². The van der Waals surface area contributed by atoms with Crippen LogP contribution < -0.4 is 10.6 Å². The molecule has 1 atom stereocenters. The molecule has 2 nitrogen and oxygen atoms in total. The van der Waals surface area contributed by atoms with E-state index in [1.54, 1.807) is 12.1 Å². The van der Waals surface area contributed by atoms with Gasteiger partial charge in [-0.25, -0.2) is 4.39 Å². The lowest BCUT2D eigenvalue weighted by Crippen LogP contribution is -2.48. The molecule has 2 N–H and O–H groups in total. The fourth-order valence-electron chi connectivity index (χ4n) is 1.92. The Hall–Kier alpha value is -0.930. The topological polar surface area (TPSA) is 24.1 Å². The molecule has 0 aromatic heterocycles. The smallest absolute Gasteiger partial charge is 0.123 e. The normalized spacial score (nSPS) is 19.0. The third-order valence-electron chi connectivity index (χ3n) is 2.80. The van der Waals surface area contributed by atoms with Gasteiger partial charge in [0.25, 0.3) is 0 Å². The molecule has 1 aliphatic heterocycles. The predicted molar refractivity (Wildman–Crippen MR) is 54.6 cm³/mol. The van der Waals surface area contributed by atoms with Crippen molar-refractivity contribution in [1.29, 1.82) is 0 Å². The molecule has 76 valence electrons. The second-order valence-electron chi connectivity index (χ2n) is 3.74. The molecule has 1 aliphatic rings. The number of benzene rings is 1. The van der Waals surface area contributed by atoms with Gasteiger partial charge in [-0.15, -0.1) is 0 Å². The van der Waals surface area contributed by atoms with Gasteiger partial charge in [0.15, 0.2) is 0 Å². The summed E-state index contributed by atoms with van der Waals surface area (Å²) in [7, 11) is 1.92. The van der Waals surface area contributed by atoms with Gasteiger partial charge in [0.1, 0.15) is 5.82 Å². The molecule has 0 saturated carbocycles. The van der Waals surface area contributed by atoms with Crippen LogP contribution in [0.4, 0.5) is 4.39 Å². The van der Waals surface area contributed by atoms with Crippen molar-refractivity contribution in [2.75, 3.05) is 20.1 Å². The fraction of sp³-hybridized carbons (Fsp3) is 0.455. The van der Waals surface area contributed by atoms with Crippen molar-refractivity contribution in [1.82, 2.24) is 10.6 Å². The Morgan fingerprint density at radius 2 is 2.29 bits per heavy atom. The van der Waals surface area contributed by atoms with Crippen molar-refractivity contribution in [3.63, 3.8) is 0 Å². The summed E-state index contributed by atoms with van der Waals surface area (Å²) in [6.45, 7) is 2.03. The highest BCUT2D eigenvalue weighted by atomic mass is 19.1. The maximum atomic E-state index is 13.0. The summed E-state index contributed by atoms with van der Waals surface area (Å²) >= 11 is 0. The fourth-order valence-corrected chi connectivity index (χ4v) is 1.92. The average Bonchev–Trinajstić information content (AvgIpc) is 2.10. The number of rotatable bonds is 3. The quantitative estimate of drug-likeness (QED) is 0.758. The zero-order valence-corrected chi connectivity index (χ0v) is 8.26. The van der Waals surface area contributed by atoms with E-state index in [4.69, 9.17) is 0 Å². The van der Waals surface area contributed by atoms with E-state index < -0.39 is 0 Å². The zero-order chi connectivity index (χ0) is 9.97. The molecule has 1 heterocycles. The first-order chi connectivity index (χ1) is 6.81. The van der Waals surface area contributed by atoms with Crippen LogP contribution in [0.1, 0.15) is 11.6 Å². The standard InChI is InChI=1S/C11H15FN2/c1-13-11(9-6-14-7-9)8-3-2-4-10(12)5-8/h2-5,9,11,13-14H,6-7H2,1H3. The minimum atomic E-state index is -0.157. The first-order valence-electron chi connectivity index (χ1n) is 4.94. The summed E-state index contributed by atoms with van der Waals surface area (Å²) in [6, 6.07) is 7.10. The molecule has 0 aliphatic carbocycles. The summed E-state index contributed by atoms with van der Waals surface area (Å²) in [5, 5.41) is 6.47. The molecule has 1 unspecified atom stereocenters. The number of nitrogens with one attached hydrogen (secondary N) is 2. The summed E-state index contributed by atoms with van der Waals surface area (Å²) in [5.41, 5.74) is 1.04. The zero-order valence-electron chi connectivity index (χ0n) is 8.26. The van der Waals surface area contributed by atoms with Gasteiger partial charge < -0.3 is 10.6 Å². The van der Waals surface area contributed by atoms with Gasteiger partial charge in [0, 0.05) is 25.0 Å². The SMILES string of the molecule is CNC(c1cccc(F)c1)C1CNC1. The molecule has 2 rings (SSSR count). The van der Waals surface area contributed by atoms with Crippen molar-refractivity contribution >= 4 is 0 Å². The molecule has 0 spiro atoms. The van der Waals surface area contributed by atoms with Crippen LogP contribution in [-0.2, 0) is 0 Å². The Morgan fingerprint density at radius 1 is 1.50 bits per heavy atom. The van der Waals surface area contributed by atoms with E-state index in [1.165, 1.54) is 6.07 Å². The third-order valence-corrected chi connectivity index (χ3v) is 2.80. The van der Waals surface area contributed by atoms with Gasteiger partial charge in [-0.3, -0.25) is 0 Å². The van der Waals surface area contributed by atoms with E-state index in [0.29, 0.717) is 5.92 Å². The first-order valence-corrected chi connectivity index (χ1v) is 4.94. The van der Waals surface area contributed by atoms with Crippen molar-refractivity contribution in [2.24, 2.45) is 5.92 Å². The number of halogens is 1. The van der Waals surface area contributed by atoms with E-state index in [9.17, 15) is 4.39 Å². The summed E-state index contributed by atoms with van der Waals surface area (Å²) in [5.74, 6) is 0.428. The van der Waals surface area contributed by atoms with Crippen molar-refractivity contribution in [3.05, 3.63) is 35.6 Å². The number of hydrogen-bond acceptors (Lipinski definition) is 2. The highest BCUT2D eigenvalue weighted by molar-refractivity contribution is 5.21. The van der Waals surface area contributed by atoms with Crippen LogP contribution in [-0.4, -0.2) is 20.1 Å². The second-order valence-corrected chi connectivity index (χ2v) is 3.74. The Labute approximate surface area is 83.5 Å². The van der Waals surface area contributed by atoms with Gasteiger partial charge in [0.05, 0.1) is 0 Å². The van der Waals surface area contributed by atoms with Crippen LogP contribution >= 0.6 is 0 Å². The monoisotopic (exact) mass is 194 g/mol. The van der Waals surface area contributed by atoms with Crippen LogP contribution in [0.5, 0.6) is 0 Å². The van der Waals surface area contributed by atoms with Crippen molar-refractivity contribution in [3.8, 4) is 0 Å². The number of hydrogen-bond donors (Lipinski definition) is 2. The first kappa shape index (κ1) is 9.62. The van der Waals surface area contributed by atoms with Gasteiger partial charge in [-0.2, -0.15) is 0 Å². The van der Waals surface area contributed by atoms with Gasteiger partial charge in [0.2, 0.25) is 0 Å². The minimum absolute atomic E-state index is 0.157. The molecule has 0 bridgehead atoms. The third kappa shape index (κ3) is 1.79. The molecule has 1 aromatic carbocycles. The van der Waals surface area contributed by atoms with Crippen molar-refractivity contribution in [2.45, 2.75) is 6.04 Å². The lowest BCUT2D eigenvalue weighted by molar-refractivity contribution is 0.267. The molecule has 0 amide bonds. The summed E-state index contributed by atoms with van der Waals surface area (Å²) in [4.78, 5) is 0. The van der Waals surface area contributed by atoms with Crippen LogP contribution in [0, 0.1) is 11.7 Å². The highest BCUT2D eigenvalue weighted by Crippen LogP contribution is 2.24. The lowest BCUT2D eigenvalue weighted by atomic mass is 9.89. The lowest BCUT2D eigenvalue weighted by Gasteiger charge is -2.34. The predicted octanol–water partition coefficient (Wildman–Crippen LogP) is 1.31. The Morgan fingerprint density at radius 3 is 2.79 bits per heavy atom. The van der Waals surface area contributed by atoms with Crippen LogP contribution in [0.25, 0.3) is 0 Å². The minimum Gasteiger partial charge on any atom is -0.316 e. The molecular weight excluding hydrogens is 179 g/mol. The van der Waals surface area contributed by atoms with Crippen LogP contribution in [0.3, 0.4) is 0 Å². The summed E-state index contributed by atoms with van der Waals surface area (Å²) in [6.07, 6.45) is 0. The molecule has 3 heteroatoms. The Bertz CT molecular complexity index is 310. The maximum absolute atomic E-state index is 13.0. The molecule has 1 fully saturated rings. The molecular formula is C11H15FN2. The molecule has 0 radical (unpaired) electrons. The van der Waals surface area contributed by atoms with Gasteiger partial charge in [-0.1, -0.05) is 12.1 Å². The Kier molecular flexibility index (Phi) is 2.79. The van der Waals surface area contributed by atoms with Gasteiger partial charge in [-0.05, 0) is 24.7 Å². The summed E-state index contributed by atoms with van der Waals surface area (Å²) < 4.78 is 13.0. The molecule has 14 heavy (non-hydrogen) atoms. The van der Waals surface area contributed by atoms with E-state index in [0.717, 1.165) is 18.7 Å². The maximum Gasteiger partial charge on any atom is 0.123 e. The second kappa shape index (κ2) is 4.07. The Balaban J connectivity index is 2.17. The van der Waals surface area contributed by atoms with Gasteiger partial charge >= 0.3 is 0 Å². The molecule has 1 saturated heterocycles. The largest absolute Gasteiger partial charge is 0.316 e. The van der Waals surface area contributed by atoms with Crippen LogP contribution in [0.2, 0.25) is 0 Å². The van der Waals surface area contributed by atoms with E-state index in [-0.39, 0.29) is 11.9 Å². The molecule has 1 aromatic rings. The van der Waals surface area contributed by atoms with Crippen molar-refractivity contribution < 1.29 is 4.39 Å². The average molecular weight is 194 g/mol.